The van der Waals surface area contributed by atoms with E-state index in [1.807, 2.05) is 0 Å². The number of likely N-dealkylation sites (tertiary alicyclic amines) is 1. The van der Waals surface area contributed by atoms with Gasteiger partial charge in [0.15, 0.2) is 0 Å². The third kappa shape index (κ3) is 3.02. The lowest BCUT2D eigenvalue weighted by atomic mass is 9.77. The highest BCUT2D eigenvalue weighted by molar-refractivity contribution is 6.00. The van der Waals surface area contributed by atoms with E-state index in [0.717, 1.165) is 5.56 Å². The van der Waals surface area contributed by atoms with Crippen LogP contribution in [0.3, 0.4) is 0 Å². The molecule has 1 atom stereocenters. The number of carbonyl (C=O) groups excluding carboxylic acids is 1. The quantitative estimate of drug-likeness (QED) is 0.923. The van der Waals surface area contributed by atoms with Crippen molar-refractivity contribution in [3.8, 4) is 0 Å². The zero-order chi connectivity index (χ0) is 17.5. The number of nitrogens with one attached hydrogen (secondary N) is 1. The number of aromatic amines is 1. The van der Waals surface area contributed by atoms with Crippen LogP contribution in [-0.4, -0.2) is 51.5 Å². The summed E-state index contributed by atoms with van der Waals surface area (Å²) in [6.07, 6.45) is 6.58. The molecule has 0 bridgehead atoms. The van der Waals surface area contributed by atoms with Crippen LogP contribution in [0.2, 0.25) is 0 Å². The minimum Gasteiger partial charge on any atom is -0.310 e. The topological polar surface area (TPSA) is 65.1 Å². The smallest absolute Gasteiger partial charge is 0.261 e. The molecule has 4 rings (SSSR count). The number of hydrogen-bond donors (Lipinski definition) is 1. The summed E-state index contributed by atoms with van der Waals surface area (Å²) in [7, 11) is 0. The van der Waals surface area contributed by atoms with E-state index in [2.05, 4.69) is 15.2 Å². The number of rotatable bonds is 3. The molecule has 2 fully saturated rings. The number of halogens is 2. The SMILES string of the molecule is O=C1N(c2cccnc2)CC[C@@]12CN(Cc1cn[nH]c1)CC(F)(F)C2. The van der Waals surface area contributed by atoms with Crippen molar-refractivity contribution >= 4 is 11.6 Å². The van der Waals surface area contributed by atoms with Crippen molar-refractivity contribution in [2.45, 2.75) is 25.3 Å². The molecule has 25 heavy (non-hydrogen) atoms. The second-order valence-electron chi connectivity index (χ2n) is 6.98. The van der Waals surface area contributed by atoms with Crippen LogP contribution in [0, 0.1) is 5.41 Å². The van der Waals surface area contributed by atoms with Crippen LogP contribution >= 0.6 is 0 Å². The Balaban J connectivity index is 1.58. The van der Waals surface area contributed by atoms with Crippen LogP contribution in [0.4, 0.5) is 14.5 Å². The molecule has 0 aromatic carbocycles. The van der Waals surface area contributed by atoms with Gasteiger partial charge < -0.3 is 4.90 Å². The molecule has 1 amide bonds. The Bertz CT molecular complexity index is 752. The molecule has 1 spiro atoms. The molecule has 0 aliphatic carbocycles. The summed E-state index contributed by atoms with van der Waals surface area (Å²) in [5.41, 5.74) is 0.462. The van der Waals surface area contributed by atoms with Crippen molar-refractivity contribution in [1.29, 1.82) is 0 Å². The normalized spacial score (nSPS) is 26.5. The first-order valence-corrected chi connectivity index (χ1v) is 8.27. The fourth-order valence-electron chi connectivity index (χ4n) is 4.04. The lowest BCUT2D eigenvalue weighted by molar-refractivity contribution is -0.147. The number of hydrogen-bond acceptors (Lipinski definition) is 4. The fraction of sp³-hybridized carbons (Fsp3) is 0.471. The maximum absolute atomic E-state index is 14.4. The van der Waals surface area contributed by atoms with Crippen LogP contribution in [0.25, 0.3) is 0 Å². The van der Waals surface area contributed by atoms with Gasteiger partial charge in [-0.25, -0.2) is 8.78 Å². The fourth-order valence-corrected chi connectivity index (χ4v) is 4.04. The van der Waals surface area contributed by atoms with Crippen molar-refractivity contribution in [2.75, 3.05) is 24.5 Å². The number of H-pyrrole nitrogens is 1. The summed E-state index contributed by atoms with van der Waals surface area (Å²) in [6.45, 7) is 0.803. The number of nitrogens with zero attached hydrogens (tertiary/aromatic N) is 4. The van der Waals surface area contributed by atoms with Gasteiger partial charge in [0.25, 0.3) is 5.92 Å². The highest BCUT2D eigenvalue weighted by Gasteiger charge is 2.57. The van der Waals surface area contributed by atoms with E-state index in [1.165, 1.54) is 0 Å². The van der Waals surface area contributed by atoms with Crippen LogP contribution in [0.1, 0.15) is 18.4 Å². The van der Waals surface area contributed by atoms with Crippen molar-refractivity contribution < 1.29 is 13.6 Å². The molecule has 1 N–H and O–H groups in total. The summed E-state index contributed by atoms with van der Waals surface area (Å²) >= 11 is 0. The first kappa shape index (κ1) is 16.1. The van der Waals surface area contributed by atoms with Gasteiger partial charge in [0, 0.05) is 44.0 Å². The molecule has 2 aromatic heterocycles. The van der Waals surface area contributed by atoms with Crippen molar-refractivity contribution in [2.24, 2.45) is 5.41 Å². The second kappa shape index (κ2) is 5.87. The molecule has 0 unspecified atom stereocenters. The predicted octanol–water partition coefficient (Wildman–Crippen LogP) is 2.07. The number of carbonyl (C=O) groups is 1. The van der Waals surface area contributed by atoms with E-state index in [0.29, 0.717) is 31.7 Å². The van der Waals surface area contributed by atoms with E-state index >= 15 is 0 Å². The highest BCUT2D eigenvalue weighted by atomic mass is 19.3. The molecular formula is C17H19F2N5O. The van der Waals surface area contributed by atoms with Gasteiger partial charge in [-0.3, -0.25) is 19.8 Å². The third-order valence-electron chi connectivity index (χ3n) is 5.01. The average molecular weight is 347 g/mol. The number of piperidine rings is 1. The van der Waals surface area contributed by atoms with Crippen LogP contribution in [-0.2, 0) is 11.3 Å². The van der Waals surface area contributed by atoms with Gasteiger partial charge in [0.1, 0.15) is 0 Å². The molecule has 2 aromatic rings. The van der Waals surface area contributed by atoms with Gasteiger partial charge in [-0.05, 0) is 18.6 Å². The van der Waals surface area contributed by atoms with Crippen molar-refractivity contribution in [3.63, 3.8) is 0 Å². The van der Waals surface area contributed by atoms with Crippen molar-refractivity contribution in [1.82, 2.24) is 20.1 Å². The third-order valence-corrected chi connectivity index (χ3v) is 5.01. The Morgan fingerprint density at radius 3 is 2.88 bits per heavy atom. The Morgan fingerprint density at radius 2 is 2.16 bits per heavy atom. The van der Waals surface area contributed by atoms with Gasteiger partial charge in [0.05, 0.1) is 30.0 Å². The Morgan fingerprint density at radius 1 is 1.28 bits per heavy atom. The van der Waals surface area contributed by atoms with Gasteiger partial charge in [-0.15, -0.1) is 0 Å². The second-order valence-corrected chi connectivity index (χ2v) is 6.98. The Labute approximate surface area is 143 Å². The van der Waals surface area contributed by atoms with Crippen molar-refractivity contribution in [3.05, 3.63) is 42.5 Å². The molecule has 132 valence electrons. The number of alkyl halides is 2. The number of anilines is 1. The van der Waals surface area contributed by atoms with E-state index in [1.54, 1.807) is 46.7 Å². The van der Waals surface area contributed by atoms with E-state index in [-0.39, 0.29) is 12.5 Å². The summed E-state index contributed by atoms with van der Waals surface area (Å²) in [4.78, 5) is 20.3. The Kier molecular flexibility index (Phi) is 3.79. The molecule has 2 saturated heterocycles. The lowest BCUT2D eigenvalue weighted by Crippen LogP contribution is -2.55. The first-order chi connectivity index (χ1) is 12.0. The van der Waals surface area contributed by atoms with E-state index in [9.17, 15) is 13.6 Å². The van der Waals surface area contributed by atoms with Crippen LogP contribution in [0.5, 0.6) is 0 Å². The van der Waals surface area contributed by atoms with E-state index < -0.39 is 17.8 Å². The first-order valence-electron chi connectivity index (χ1n) is 8.27. The zero-order valence-corrected chi connectivity index (χ0v) is 13.7. The molecule has 6 nitrogen and oxygen atoms in total. The molecule has 0 radical (unpaired) electrons. The monoisotopic (exact) mass is 347 g/mol. The summed E-state index contributed by atoms with van der Waals surface area (Å²) in [5.74, 6) is -3.11. The molecule has 4 heterocycles. The van der Waals surface area contributed by atoms with Gasteiger partial charge in [-0.2, -0.15) is 5.10 Å². The molecule has 0 saturated carbocycles. The minimum atomic E-state index is -2.89. The molecular weight excluding hydrogens is 328 g/mol. The maximum atomic E-state index is 14.4. The summed E-state index contributed by atoms with van der Waals surface area (Å²) in [5, 5.41) is 6.55. The van der Waals surface area contributed by atoms with Gasteiger partial charge >= 0.3 is 0 Å². The largest absolute Gasteiger partial charge is 0.310 e. The minimum absolute atomic E-state index is 0.225. The Hall–Kier alpha value is -2.35. The number of aromatic nitrogens is 3. The molecule has 2 aliphatic heterocycles. The van der Waals surface area contributed by atoms with Gasteiger partial charge in [0.2, 0.25) is 5.91 Å². The number of amides is 1. The average Bonchev–Trinajstić information content (AvgIpc) is 3.16. The summed E-state index contributed by atoms with van der Waals surface area (Å²) in [6, 6.07) is 3.53. The standard InChI is InChI=1S/C17H19F2N5O/c18-17(19)10-16(11-23(12-17)9-13-6-21-22-7-13)3-5-24(15(16)25)14-2-1-4-20-8-14/h1-2,4,6-8H,3,5,9-12H2,(H,21,22)/t16-/m1/s1. The highest BCUT2D eigenvalue weighted by Crippen LogP contribution is 2.46. The summed E-state index contributed by atoms with van der Waals surface area (Å²) < 4.78 is 28.9. The molecule has 8 heteroatoms. The zero-order valence-electron chi connectivity index (χ0n) is 13.7. The molecule has 2 aliphatic rings. The number of pyridine rings is 1. The van der Waals surface area contributed by atoms with Crippen LogP contribution < -0.4 is 4.90 Å². The maximum Gasteiger partial charge on any atom is 0.261 e. The van der Waals surface area contributed by atoms with E-state index in [4.69, 9.17) is 0 Å². The predicted molar refractivity (Wildman–Crippen MR) is 87.1 cm³/mol. The van der Waals surface area contributed by atoms with Gasteiger partial charge in [-0.1, -0.05) is 0 Å². The van der Waals surface area contributed by atoms with Crippen LogP contribution in [0.15, 0.2) is 36.9 Å². The lowest BCUT2D eigenvalue weighted by Gasteiger charge is -2.42.